The molecule has 1 aromatic heterocycles. The zero-order valence-electron chi connectivity index (χ0n) is 10.1. The Morgan fingerprint density at radius 1 is 1.65 bits per heavy atom. The van der Waals surface area contributed by atoms with Gasteiger partial charge in [0.2, 0.25) is 5.91 Å². The second kappa shape index (κ2) is 4.44. The number of rotatable bonds is 4. The second-order valence-electron chi connectivity index (χ2n) is 5.10. The molecule has 6 heteroatoms. The van der Waals surface area contributed by atoms with E-state index in [-0.39, 0.29) is 23.5 Å². The molecule has 1 amide bonds. The maximum atomic E-state index is 11.7. The summed E-state index contributed by atoms with van der Waals surface area (Å²) >= 11 is 0. The molecule has 6 nitrogen and oxygen atoms in total. The van der Waals surface area contributed by atoms with Gasteiger partial charge in [-0.1, -0.05) is 13.8 Å². The number of aromatic nitrogens is 3. The van der Waals surface area contributed by atoms with Crippen LogP contribution in [0.3, 0.4) is 0 Å². The molecule has 1 saturated carbocycles. The van der Waals surface area contributed by atoms with Crippen LogP contribution in [0.4, 0.5) is 0 Å². The van der Waals surface area contributed by atoms with Gasteiger partial charge in [-0.05, 0) is 6.42 Å². The van der Waals surface area contributed by atoms with Gasteiger partial charge in [-0.3, -0.25) is 9.48 Å². The highest BCUT2D eigenvalue weighted by Crippen LogP contribution is 2.40. The summed E-state index contributed by atoms with van der Waals surface area (Å²) in [4.78, 5) is 15.5. The average Bonchev–Trinajstić information content (AvgIpc) is 2.79. The van der Waals surface area contributed by atoms with Gasteiger partial charge < -0.3 is 10.4 Å². The Kier molecular flexibility index (Phi) is 3.15. The summed E-state index contributed by atoms with van der Waals surface area (Å²) in [6, 6.07) is 0.0701. The molecule has 0 aliphatic heterocycles. The van der Waals surface area contributed by atoms with E-state index in [4.69, 9.17) is 0 Å². The number of carbonyl (C=O) groups excluding carboxylic acids is 1. The first-order chi connectivity index (χ1) is 8.00. The number of carbonyl (C=O) groups is 1. The number of nitrogens with zero attached hydrogens (tertiary/aromatic N) is 3. The largest absolute Gasteiger partial charge is 0.392 e. The SMILES string of the molecule is CC1(C)C(O)CC1NC(=O)CCn1cncn1. The van der Waals surface area contributed by atoms with Crippen LogP contribution in [0.1, 0.15) is 26.7 Å². The molecule has 1 fully saturated rings. The zero-order valence-corrected chi connectivity index (χ0v) is 10.1. The Bertz CT molecular complexity index is 388. The molecule has 0 bridgehead atoms. The lowest BCUT2D eigenvalue weighted by Crippen LogP contribution is -2.61. The monoisotopic (exact) mass is 238 g/mol. The lowest BCUT2D eigenvalue weighted by Gasteiger charge is -2.49. The first kappa shape index (κ1) is 12.0. The lowest BCUT2D eigenvalue weighted by atomic mass is 9.64. The molecule has 2 rings (SSSR count). The predicted molar refractivity (Wildman–Crippen MR) is 61.0 cm³/mol. The van der Waals surface area contributed by atoms with Gasteiger partial charge in [-0.2, -0.15) is 5.10 Å². The molecule has 2 N–H and O–H groups in total. The van der Waals surface area contributed by atoms with Crippen molar-refractivity contribution in [1.29, 1.82) is 0 Å². The van der Waals surface area contributed by atoms with Crippen LogP contribution in [0, 0.1) is 5.41 Å². The smallest absolute Gasteiger partial charge is 0.222 e. The van der Waals surface area contributed by atoms with Crippen LogP contribution in [0.15, 0.2) is 12.7 Å². The van der Waals surface area contributed by atoms with Gasteiger partial charge in [0.1, 0.15) is 12.7 Å². The number of hydrogen-bond acceptors (Lipinski definition) is 4. The number of aliphatic hydroxyl groups excluding tert-OH is 1. The van der Waals surface area contributed by atoms with Crippen LogP contribution >= 0.6 is 0 Å². The minimum atomic E-state index is -0.317. The van der Waals surface area contributed by atoms with Crippen molar-refractivity contribution in [3.63, 3.8) is 0 Å². The van der Waals surface area contributed by atoms with Gasteiger partial charge in [0.05, 0.1) is 12.6 Å². The molecule has 1 aliphatic carbocycles. The summed E-state index contributed by atoms with van der Waals surface area (Å²) < 4.78 is 1.63. The molecule has 2 atom stereocenters. The van der Waals surface area contributed by atoms with Crippen molar-refractivity contribution < 1.29 is 9.90 Å². The number of hydrogen-bond donors (Lipinski definition) is 2. The van der Waals surface area contributed by atoms with Crippen molar-refractivity contribution in [3.05, 3.63) is 12.7 Å². The third-order valence-electron chi connectivity index (χ3n) is 3.59. The molecule has 94 valence electrons. The lowest BCUT2D eigenvalue weighted by molar-refractivity contribution is -0.129. The summed E-state index contributed by atoms with van der Waals surface area (Å²) in [6.45, 7) is 4.45. The Balaban J connectivity index is 1.75. The number of aliphatic hydroxyl groups is 1. The summed E-state index contributed by atoms with van der Waals surface area (Å²) in [5.41, 5.74) is -0.219. The van der Waals surface area contributed by atoms with E-state index < -0.39 is 0 Å². The second-order valence-corrected chi connectivity index (χ2v) is 5.10. The summed E-state index contributed by atoms with van der Waals surface area (Å²) in [6.07, 6.45) is 3.74. The molecule has 0 aromatic carbocycles. The van der Waals surface area contributed by atoms with E-state index in [0.717, 1.165) is 0 Å². The molecule has 17 heavy (non-hydrogen) atoms. The topological polar surface area (TPSA) is 80.0 Å². The van der Waals surface area contributed by atoms with Crippen LogP contribution in [0.25, 0.3) is 0 Å². The van der Waals surface area contributed by atoms with E-state index in [0.29, 0.717) is 19.4 Å². The minimum Gasteiger partial charge on any atom is -0.392 e. The van der Waals surface area contributed by atoms with Crippen molar-refractivity contribution in [2.75, 3.05) is 0 Å². The fourth-order valence-corrected chi connectivity index (χ4v) is 1.98. The molecule has 1 heterocycles. The van der Waals surface area contributed by atoms with Crippen molar-refractivity contribution in [1.82, 2.24) is 20.1 Å². The van der Waals surface area contributed by atoms with Gasteiger partial charge in [-0.25, -0.2) is 4.98 Å². The predicted octanol–water partition coefficient (Wildman–Crippen LogP) is -0.0562. The fourth-order valence-electron chi connectivity index (χ4n) is 1.98. The van der Waals surface area contributed by atoms with E-state index >= 15 is 0 Å². The standard InChI is InChI=1S/C11H18N4O2/c1-11(2)8(5-9(11)16)14-10(17)3-4-15-7-12-6-13-15/h6-9,16H,3-5H2,1-2H3,(H,14,17). The van der Waals surface area contributed by atoms with Crippen LogP contribution in [-0.4, -0.2) is 37.9 Å². The Morgan fingerprint density at radius 3 is 2.94 bits per heavy atom. The maximum absolute atomic E-state index is 11.7. The van der Waals surface area contributed by atoms with Crippen LogP contribution < -0.4 is 5.32 Å². The van der Waals surface area contributed by atoms with Gasteiger partial charge in [0, 0.05) is 17.9 Å². The number of amides is 1. The molecule has 0 radical (unpaired) electrons. The van der Waals surface area contributed by atoms with Gasteiger partial charge >= 0.3 is 0 Å². The molecule has 1 aliphatic rings. The van der Waals surface area contributed by atoms with Gasteiger partial charge in [-0.15, -0.1) is 0 Å². The van der Waals surface area contributed by atoms with Crippen LogP contribution in [0.5, 0.6) is 0 Å². The highest BCUT2D eigenvalue weighted by atomic mass is 16.3. The van der Waals surface area contributed by atoms with Crippen LogP contribution in [-0.2, 0) is 11.3 Å². The Hall–Kier alpha value is -1.43. The van der Waals surface area contributed by atoms with E-state index in [9.17, 15) is 9.90 Å². The van der Waals surface area contributed by atoms with E-state index in [1.807, 2.05) is 13.8 Å². The normalized spacial score (nSPS) is 26.3. The summed E-state index contributed by atoms with van der Waals surface area (Å²) in [7, 11) is 0. The maximum Gasteiger partial charge on any atom is 0.222 e. The third kappa shape index (κ3) is 2.46. The quantitative estimate of drug-likeness (QED) is 0.770. The van der Waals surface area contributed by atoms with Crippen LogP contribution in [0.2, 0.25) is 0 Å². The molecular weight excluding hydrogens is 220 g/mol. The van der Waals surface area contributed by atoms with Crippen molar-refractivity contribution >= 4 is 5.91 Å². The average molecular weight is 238 g/mol. The van der Waals surface area contributed by atoms with Crippen molar-refractivity contribution in [2.45, 2.75) is 45.4 Å². The van der Waals surface area contributed by atoms with E-state index in [1.54, 1.807) is 11.0 Å². The third-order valence-corrected chi connectivity index (χ3v) is 3.59. The minimum absolute atomic E-state index is 0.00882. The highest BCUT2D eigenvalue weighted by molar-refractivity contribution is 5.76. The Labute approximate surface area is 100 Å². The summed E-state index contributed by atoms with van der Waals surface area (Å²) in [5.74, 6) is -0.00882. The van der Waals surface area contributed by atoms with Crippen molar-refractivity contribution in [2.24, 2.45) is 5.41 Å². The van der Waals surface area contributed by atoms with E-state index in [2.05, 4.69) is 15.4 Å². The Morgan fingerprint density at radius 2 is 2.41 bits per heavy atom. The first-order valence-corrected chi connectivity index (χ1v) is 5.80. The fraction of sp³-hybridized carbons (Fsp3) is 0.727. The molecule has 0 spiro atoms. The molecule has 0 saturated heterocycles. The summed E-state index contributed by atoms with van der Waals surface area (Å²) in [5, 5.41) is 16.4. The number of aryl methyl sites for hydroxylation is 1. The number of nitrogens with one attached hydrogen (secondary N) is 1. The van der Waals surface area contributed by atoms with E-state index in [1.165, 1.54) is 6.33 Å². The molecule has 2 unspecified atom stereocenters. The highest BCUT2D eigenvalue weighted by Gasteiger charge is 2.47. The first-order valence-electron chi connectivity index (χ1n) is 5.80. The van der Waals surface area contributed by atoms with Gasteiger partial charge in [0.25, 0.3) is 0 Å². The zero-order chi connectivity index (χ0) is 12.5. The van der Waals surface area contributed by atoms with Crippen molar-refractivity contribution in [3.8, 4) is 0 Å². The van der Waals surface area contributed by atoms with Gasteiger partial charge in [0.15, 0.2) is 0 Å². The molecular formula is C11H18N4O2. The molecule has 1 aromatic rings.